The maximum Gasteiger partial charge on any atom is 0.191 e. The van der Waals surface area contributed by atoms with E-state index in [4.69, 9.17) is 9.73 Å². The van der Waals surface area contributed by atoms with Gasteiger partial charge in [0.25, 0.3) is 0 Å². The summed E-state index contributed by atoms with van der Waals surface area (Å²) < 4.78 is 5.38. The van der Waals surface area contributed by atoms with Gasteiger partial charge in [-0.15, -0.1) is 0 Å². The first-order chi connectivity index (χ1) is 12.3. The van der Waals surface area contributed by atoms with Crippen LogP contribution in [-0.4, -0.2) is 56.3 Å². The minimum Gasteiger partial charge on any atom is -0.380 e. The molecule has 1 unspecified atom stereocenters. The quantitative estimate of drug-likeness (QED) is 0.410. The van der Waals surface area contributed by atoms with Crippen molar-refractivity contribution in [1.29, 1.82) is 0 Å². The van der Waals surface area contributed by atoms with E-state index in [0.29, 0.717) is 12.6 Å². The zero-order valence-corrected chi connectivity index (χ0v) is 16.1. The molecule has 1 aliphatic heterocycles. The number of hydrogen-bond acceptors (Lipinski definition) is 3. The number of nitrogens with zero attached hydrogens (tertiary/aromatic N) is 2. The molecule has 1 heterocycles. The lowest BCUT2D eigenvalue weighted by Crippen LogP contribution is -2.43. The molecule has 1 aliphatic rings. The first-order valence-electron chi connectivity index (χ1n) is 9.69. The number of rotatable bonds is 9. The second-order valence-electron chi connectivity index (χ2n) is 6.39. The van der Waals surface area contributed by atoms with Gasteiger partial charge in [0.2, 0.25) is 0 Å². The fraction of sp³-hybridized carbons (Fsp3) is 0.650. The number of fused-ring (bicyclic) bond motifs is 1. The SMILES string of the molecule is CCNC(=NCC(CC)N1CCc2ccccc2C1)NCCOCC. The normalized spacial score (nSPS) is 16.4. The lowest BCUT2D eigenvalue weighted by atomic mass is 9.98. The van der Waals surface area contributed by atoms with Crippen LogP contribution in [0.4, 0.5) is 0 Å². The summed E-state index contributed by atoms with van der Waals surface area (Å²) >= 11 is 0. The van der Waals surface area contributed by atoms with E-state index in [1.54, 1.807) is 0 Å². The predicted octanol–water partition coefficient (Wildman–Crippen LogP) is 2.41. The fourth-order valence-electron chi connectivity index (χ4n) is 3.26. The van der Waals surface area contributed by atoms with E-state index in [1.165, 1.54) is 11.1 Å². The van der Waals surface area contributed by atoms with Crippen LogP contribution >= 0.6 is 0 Å². The maximum absolute atomic E-state index is 5.38. The molecule has 1 atom stereocenters. The van der Waals surface area contributed by atoms with Crippen LogP contribution in [-0.2, 0) is 17.7 Å². The standard InChI is InChI=1S/C20H34N4O/c1-4-19(15-23-20(21-5-2)22-12-14-25-6-3)24-13-11-17-9-7-8-10-18(17)16-24/h7-10,19H,4-6,11-16H2,1-3H3,(H2,21,22,23). The van der Waals surface area contributed by atoms with Crippen LogP contribution in [0.5, 0.6) is 0 Å². The van der Waals surface area contributed by atoms with Crippen molar-refractivity contribution < 1.29 is 4.74 Å². The smallest absolute Gasteiger partial charge is 0.191 e. The van der Waals surface area contributed by atoms with Crippen molar-refractivity contribution in [3.05, 3.63) is 35.4 Å². The van der Waals surface area contributed by atoms with E-state index in [9.17, 15) is 0 Å². The Balaban J connectivity index is 1.90. The lowest BCUT2D eigenvalue weighted by Gasteiger charge is -2.34. The highest BCUT2D eigenvalue weighted by molar-refractivity contribution is 5.79. The summed E-state index contributed by atoms with van der Waals surface area (Å²) in [5, 5.41) is 6.67. The van der Waals surface area contributed by atoms with Gasteiger partial charge in [-0.05, 0) is 37.8 Å². The van der Waals surface area contributed by atoms with Crippen molar-refractivity contribution in [2.45, 2.75) is 46.2 Å². The van der Waals surface area contributed by atoms with Crippen molar-refractivity contribution in [2.24, 2.45) is 4.99 Å². The van der Waals surface area contributed by atoms with Gasteiger partial charge in [0.15, 0.2) is 5.96 Å². The van der Waals surface area contributed by atoms with Crippen molar-refractivity contribution in [2.75, 3.05) is 39.4 Å². The molecule has 25 heavy (non-hydrogen) atoms. The summed E-state index contributed by atoms with van der Waals surface area (Å²) in [6.45, 7) is 12.5. The Kier molecular flexibility index (Phi) is 8.77. The second kappa shape index (κ2) is 11.1. The van der Waals surface area contributed by atoms with Gasteiger partial charge in [0, 0.05) is 38.8 Å². The zero-order chi connectivity index (χ0) is 17.9. The van der Waals surface area contributed by atoms with E-state index in [1.807, 2.05) is 6.92 Å². The summed E-state index contributed by atoms with van der Waals surface area (Å²) in [4.78, 5) is 7.39. The Bertz CT molecular complexity index is 532. The van der Waals surface area contributed by atoms with Gasteiger partial charge in [0.05, 0.1) is 13.2 Å². The van der Waals surface area contributed by atoms with Crippen LogP contribution in [0.2, 0.25) is 0 Å². The molecule has 0 amide bonds. The number of benzene rings is 1. The molecule has 2 N–H and O–H groups in total. The van der Waals surface area contributed by atoms with Gasteiger partial charge < -0.3 is 15.4 Å². The van der Waals surface area contributed by atoms with Crippen LogP contribution in [0, 0.1) is 0 Å². The predicted molar refractivity (Wildman–Crippen MR) is 105 cm³/mol. The maximum atomic E-state index is 5.38. The van der Waals surface area contributed by atoms with Gasteiger partial charge in [-0.25, -0.2) is 0 Å². The Labute approximate surface area is 152 Å². The summed E-state index contributed by atoms with van der Waals surface area (Å²) in [5.74, 6) is 0.887. The van der Waals surface area contributed by atoms with E-state index < -0.39 is 0 Å². The third-order valence-corrected chi connectivity index (χ3v) is 4.70. The molecule has 0 bridgehead atoms. The van der Waals surface area contributed by atoms with Crippen LogP contribution in [0.1, 0.15) is 38.3 Å². The van der Waals surface area contributed by atoms with Crippen molar-refractivity contribution in [3.8, 4) is 0 Å². The molecule has 5 nitrogen and oxygen atoms in total. The zero-order valence-electron chi connectivity index (χ0n) is 16.1. The molecule has 1 aromatic carbocycles. The van der Waals surface area contributed by atoms with E-state index >= 15 is 0 Å². The molecule has 1 aromatic rings. The first-order valence-corrected chi connectivity index (χ1v) is 9.69. The Hall–Kier alpha value is -1.59. The molecule has 0 fully saturated rings. The van der Waals surface area contributed by atoms with Crippen molar-refractivity contribution in [3.63, 3.8) is 0 Å². The Morgan fingerprint density at radius 2 is 2.00 bits per heavy atom. The molecular formula is C20H34N4O. The monoisotopic (exact) mass is 346 g/mol. The minimum absolute atomic E-state index is 0.482. The van der Waals surface area contributed by atoms with E-state index in [2.05, 4.69) is 53.6 Å². The average Bonchev–Trinajstić information content (AvgIpc) is 2.65. The number of hydrogen-bond donors (Lipinski definition) is 2. The summed E-state index contributed by atoms with van der Waals surface area (Å²) in [5.41, 5.74) is 2.97. The molecule has 140 valence electrons. The van der Waals surface area contributed by atoms with Crippen LogP contribution < -0.4 is 10.6 Å². The minimum atomic E-state index is 0.482. The highest BCUT2D eigenvalue weighted by Gasteiger charge is 2.22. The van der Waals surface area contributed by atoms with Gasteiger partial charge in [-0.2, -0.15) is 0 Å². The topological polar surface area (TPSA) is 48.9 Å². The van der Waals surface area contributed by atoms with Crippen LogP contribution in [0.15, 0.2) is 29.3 Å². The summed E-state index contributed by atoms with van der Waals surface area (Å²) in [7, 11) is 0. The number of ether oxygens (including phenoxy) is 1. The number of nitrogens with one attached hydrogen (secondary N) is 2. The molecule has 0 radical (unpaired) electrons. The molecule has 0 spiro atoms. The van der Waals surface area contributed by atoms with Crippen molar-refractivity contribution in [1.82, 2.24) is 15.5 Å². The molecular weight excluding hydrogens is 312 g/mol. The van der Waals surface area contributed by atoms with Gasteiger partial charge in [0.1, 0.15) is 0 Å². The average molecular weight is 347 g/mol. The van der Waals surface area contributed by atoms with E-state index in [0.717, 1.165) is 58.1 Å². The third-order valence-electron chi connectivity index (χ3n) is 4.70. The summed E-state index contributed by atoms with van der Waals surface area (Å²) in [6, 6.07) is 9.30. The van der Waals surface area contributed by atoms with Gasteiger partial charge >= 0.3 is 0 Å². The number of aliphatic imine (C=N–C) groups is 1. The fourth-order valence-corrected chi connectivity index (χ4v) is 3.26. The second-order valence-corrected chi connectivity index (χ2v) is 6.39. The lowest BCUT2D eigenvalue weighted by molar-refractivity contribution is 0.152. The molecule has 5 heteroatoms. The molecule has 0 aliphatic carbocycles. The van der Waals surface area contributed by atoms with Crippen molar-refractivity contribution >= 4 is 5.96 Å². The highest BCUT2D eigenvalue weighted by atomic mass is 16.5. The first kappa shape index (κ1) is 19.7. The third kappa shape index (κ3) is 6.33. The molecule has 0 saturated carbocycles. The molecule has 0 saturated heterocycles. The highest BCUT2D eigenvalue weighted by Crippen LogP contribution is 2.21. The van der Waals surface area contributed by atoms with Crippen LogP contribution in [0.3, 0.4) is 0 Å². The Morgan fingerprint density at radius 1 is 1.20 bits per heavy atom. The number of guanidine groups is 1. The van der Waals surface area contributed by atoms with Crippen LogP contribution in [0.25, 0.3) is 0 Å². The Morgan fingerprint density at radius 3 is 2.72 bits per heavy atom. The van der Waals surface area contributed by atoms with E-state index in [-0.39, 0.29) is 0 Å². The van der Waals surface area contributed by atoms with Gasteiger partial charge in [-0.1, -0.05) is 31.2 Å². The molecule has 2 rings (SSSR count). The van der Waals surface area contributed by atoms with Gasteiger partial charge in [-0.3, -0.25) is 9.89 Å². The summed E-state index contributed by atoms with van der Waals surface area (Å²) in [6.07, 6.45) is 2.26. The molecule has 0 aromatic heterocycles. The largest absolute Gasteiger partial charge is 0.380 e.